The molecule has 0 aliphatic carbocycles. The molecule has 1 N–H and O–H groups in total. The van der Waals surface area contributed by atoms with Crippen LogP contribution >= 0.6 is 15.9 Å². The smallest absolute Gasteiger partial charge is 0.0471 e. The van der Waals surface area contributed by atoms with Gasteiger partial charge in [-0.05, 0) is 24.1 Å². The highest BCUT2D eigenvalue weighted by molar-refractivity contribution is 9.09. The van der Waals surface area contributed by atoms with Gasteiger partial charge in [0.1, 0.15) is 0 Å². The predicted octanol–water partition coefficient (Wildman–Crippen LogP) is 2.36. The summed E-state index contributed by atoms with van der Waals surface area (Å²) in [4.78, 5) is 0. The maximum atomic E-state index is 8.73. The summed E-state index contributed by atoms with van der Waals surface area (Å²) in [7, 11) is 0. The molecule has 0 saturated carbocycles. The summed E-state index contributed by atoms with van der Waals surface area (Å²) in [6.45, 7) is 0.203. The molecule has 0 radical (unpaired) electrons. The predicted molar refractivity (Wildman–Crippen MR) is 62.5 cm³/mol. The number of alkyl halides is 1. The van der Waals surface area contributed by atoms with Gasteiger partial charge in [0.25, 0.3) is 0 Å². The van der Waals surface area contributed by atoms with Crippen LogP contribution < -0.4 is 0 Å². The van der Waals surface area contributed by atoms with Gasteiger partial charge in [-0.2, -0.15) is 0 Å². The van der Waals surface area contributed by atoms with E-state index in [1.807, 2.05) is 24.3 Å². The van der Waals surface area contributed by atoms with Crippen molar-refractivity contribution in [1.29, 1.82) is 0 Å². The molecule has 0 heterocycles. The van der Waals surface area contributed by atoms with Gasteiger partial charge in [0, 0.05) is 23.9 Å². The van der Waals surface area contributed by atoms with Gasteiger partial charge in [-0.3, -0.25) is 0 Å². The highest BCUT2D eigenvalue weighted by Gasteiger charge is 1.90. The summed E-state index contributed by atoms with van der Waals surface area (Å²) in [6.07, 6.45) is 1.59. The Morgan fingerprint density at radius 2 is 1.93 bits per heavy atom. The molecule has 1 rings (SSSR count). The third-order valence-electron chi connectivity index (χ3n) is 1.81. The van der Waals surface area contributed by atoms with Crippen molar-refractivity contribution in [3.8, 4) is 11.8 Å². The lowest BCUT2D eigenvalue weighted by Gasteiger charge is -1.96. The first-order chi connectivity index (χ1) is 6.86. The topological polar surface area (TPSA) is 20.2 Å². The molecule has 0 aliphatic rings. The Labute approximate surface area is 93.3 Å². The molecule has 0 saturated heterocycles. The Bertz CT molecular complexity index is 318. The second kappa shape index (κ2) is 6.64. The summed E-state index contributed by atoms with van der Waals surface area (Å²) >= 11 is 3.32. The van der Waals surface area contributed by atoms with Crippen LogP contribution in [0.25, 0.3) is 0 Å². The molecule has 1 nitrogen and oxygen atoms in total. The summed E-state index contributed by atoms with van der Waals surface area (Å²) in [6, 6.07) is 8.00. The molecule has 0 bridgehead atoms. The third-order valence-corrected chi connectivity index (χ3v) is 2.20. The van der Waals surface area contributed by atoms with Crippen LogP contribution in [0.2, 0.25) is 0 Å². The van der Waals surface area contributed by atoms with E-state index in [4.69, 9.17) is 5.11 Å². The number of hydrogen-bond donors (Lipinski definition) is 1. The molecule has 74 valence electrons. The van der Waals surface area contributed by atoms with Crippen molar-refractivity contribution in [1.82, 2.24) is 0 Å². The van der Waals surface area contributed by atoms with Crippen LogP contribution in [0.5, 0.6) is 0 Å². The Morgan fingerprint density at radius 1 is 1.21 bits per heavy atom. The minimum absolute atomic E-state index is 0.203. The van der Waals surface area contributed by atoms with Crippen molar-refractivity contribution in [2.75, 3.05) is 11.9 Å². The van der Waals surface area contributed by atoms with Crippen LogP contribution in [-0.2, 0) is 6.42 Å². The van der Waals surface area contributed by atoms with Crippen LogP contribution in [0.4, 0.5) is 0 Å². The van der Waals surface area contributed by atoms with Crippen LogP contribution in [0.1, 0.15) is 17.5 Å². The van der Waals surface area contributed by atoms with Crippen molar-refractivity contribution < 1.29 is 5.11 Å². The molecule has 1 aromatic carbocycles. The second-order valence-corrected chi connectivity index (χ2v) is 3.70. The highest BCUT2D eigenvalue weighted by Crippen LogP contribution is 2.03. The van der Waals surface area contributed by atoms with Crippen molar-refractivity contribution in [3.63, 3.8) is 0 Å². The lowest BCUT2D eigenvalue weighted by Crippen LogP contribution is -1.89. The first kappa shape index (κ1) is 11.3. The fraction of sp³-hybridized carbons (Fsp3) is 0.333. The van der Waals surface area contributed by atoms with E-state index < -0.39 is 0 Å². The number of hydrogen-bond acceptors (Lipinski definition) is 1. The number of aliphatic hydroxyl groups is 1. The Kier molecular flexibility index (Phi) is 5.36. The number of aliphatic hydroxyl groups excluding tert-OH is 1. The second-order valence-electron chi connectivity index (χ2n) is 2.91. The van der Waals surface area contributed by atoms with E-state index in [1.165, 1.54) is 0 Å². The molecule has 0 aromatic heterocycles. The Morgan fingerprint density at radius 3 is 2.50 bits per heavy atom. The van der Waals surface area contributed by atoms with Gasteiger partial charge in [0.15, 0.2) is 0 Å². The summed E-state index contributed by atoms with van der Waals surface area (Å²) < 4.78 is 0. The van der Waals surface area contributed by atoms with Crippen molar-refractivity contribution >= 4 is 15.9 Å². The number of rotatable bonds is 3. The van der Waals surface area contributed by atoms with Crippen molar-refractivity contribution in [2.24, 2.45) is 0 Å². The summed E-state index contributed by atoms with van der Waals surface area (Å²) in [5.41, 5.74) is 2.19. The molecule has 0 atom stereocenters. The van der Waals surface area contributed by atoms with Crippen molar-refractivity contribution in [3.05, 3.63) is 35.4 Å². The molecule has 0 unspecified atom stereocenters. The van der Waals surface area contributed by atoms with Gasteiger partial charge in [-0.25, -0.2) is 0 Å². The number of halogens is 1. The average Bonchev–Trinajstić information content (AvgIpc) is 2.21. The van der Waals surface area contributed by atoms with Gasteiger partial charge in [0.2, 0.25) is 0 Å². The summed E-state index contributed by atoms with van der Waals surface area (Å²) in [5.74, 6) is 6.13. The zero-order valence-corrected chi connectivity index (χ0v) is 9.55. The molecule has 0 aliphatic heterocycles. The zero-order chi connectivity index (χ0) is 10.2. The maximum Gasteiger partial charge on any atom is 0.0471 e. The van der Waals surface area contributed by atoms with Crippen LogP contribution in [0.3, 0.4) is 0 Å². The molecule has 0 spiro atoms. The SMILES string of the molecule is OCCc1ccc(C#CCCBr)cc1. The van der Waals surface area contributed by atoms with Crippen LogP contribution in [0, 0.1) is 11.8 Å². The van der Waals surface area contributed by atoms with E-state index in [9.17, 15) is 0 Å². The Balaban J connectivity index is 2.60. The van der Waals surface area contributed by atoms with Crippen LogP contribution in [0.15, 0.2) is 24.3 Å². The van der Waals surface area contributed by atoms with E-state index in [2.05, 4.69) is 27.8 Å². The van der Waals surface area contributed by atoms with Gasteiger partial charge in [-0.1, -0.05) is 39.9 Å². The molecule has 1 aromatic rings. The quantitative estimate of drug-likeness (QED) is 0.647. The van der Waals surface area contributed by atoms with Gasteiger partial charge >= 0.3 is 0 Å². The monoisotopic (exact) mass is 252 g/mol. The lowest BCUT2D eigenvalue weighted by atomic mass is 10.1. The minimum Gasteiger partial charge on any atom is -0.396 e. The third kappa shape index (κ3) is 3.95. The molecule has 2 heteroatoms. The van der Waals surface area contributed by atoms with E-state index >= 15 is 0 Å². The fourth-order valence-electron chi connectivity index (χ4n) is 1.10. The number of benzene rings is 1. The molecular weight excluding hydrogens is 240 g/mol. The molecule has 14 heavy (non-hydrogen) atoms. The molecule has 0 fully saturated rings. The van der Waals surface area contributed by atoms with Crippen LogP contribution in [-0.4, -0.2) is 17.0 Å². The van der Waals surface area contributed by atoms with E-state index in [-0.39, 0.29) is 6.61 Å². The van der Waals surface area contributed by atoms with E-state index in [0.29, 0.717) is 0 Å². The van der Waals surface area contributed by atoms with Gasteiger partial charge < -0.3 is 5.11 Å². The fourth-order valence-corrected chi connectivity index (χ4v) is 1.29. The minimum atomic E-state index is 0.203. The highest BCUT2D eigenvalue weighted by atomic mass is 79.9. The average molecular weight is 253 g/mol. The first-order valence-corrected chi connectivity index (χ1v) is 5.73. The normalized spacial score (nSPS) is 9.29. The zero-order valence-electron chi connectivity index (χ0n) is 7.96. The largest absolute Gasteiger partial charge is 0.396 e. The van der Waals surface area contributed by atoms with Gasteiger partial charge in [-0.15, -0.1) is 0 Å². The first-order valence-electron chi connectivity index (χ1n) is 4.61. The van der Waals surface area contributed by atoms with E-state index in [1.54, 1.807) is 0 Å². The molecular formula is C12H13BrO. The Hall–Kier alpha value is -0.780. The van der Waals surface area contributed by atoms with Gasteiger partial charge in [0.05, 0.1) is 0 Å². The lowest BCUT2D eigenvalue weighted by molar-refractivity contribution is 0.299. The molecule has 0 amide bonds. The van der Waals surface area contributed by atoms with E-state index in [0.717, 1.165) is 29.3 Å². The maximum absolute atomic E-state index is 8.73. The van der Waals surface area contributed by atoms with Crippen molar-refractivity contribution in [2.45, 2.75) is 12.8 Å². The summed E-state index contributed by atoms with van der Waals surface area (Å²) in [5, 5.41) is 9.65. The standard InChI is InChI=1S/C12H13BrO/c13-9-2-1-3-11-4-6-12(7-5-11)8-10-14/h4-7,14H,2,8-10H2.